The van der Waals surface area contributed by atoms with Crippen LogP contribution in [0, 0.1) is 0 Å². The highest BCUT2D eigenvalue weighted by atomic mass is 32.1. The highest BCUT2D eigenvalue weighted by Crippen LogP contribution is 2.21. The molecule has 0 saturated heterocycles. The van der Waals surface area contributed by atoms with E-state index in [4.69, 9.17) is 4.74 Å². The SMILES string of the molecule is CC(=O)OCc1csc(-c2ccccn2)n1. The zero-order valence-electron chi connectivity index (χ0n) is 8.71. The van der Waals surface area contributed by atoms with Crippen molar-refractivity contribution in [3.8, 4) is 10.7 Å². The van der Waals surface area contributed by atoms with Crippen LogP contribution < -0.4 is 0 Å². The van der Waals surface area contributed by atoms with Crippen LogP contribution in [0.2, 0.25) is 0 Å². The maximum atomic E-state index is 10.6. The summed E-state index contributed by atoms with van der Waals surface area (Å²) < 4.78 is 4.86. The first kappa shape index (κ1) is 10.8. The monoisotopic (exact) mass is 234 g/mol. The van der Waals surface area contributed by atoms with E-state index in [0.717, 1.165) is 16.4 Å². The summed E-state index contributed by atoms with van der Waals surface area (Å²) in [7, 11) is 0. The third kappa shape index (κ3) is 2.64. The number of hydrogen-bond acceptors (Lipinski definition) is 5. The smallest absolute Gasteiger partial charge is 0.303 e. The number of ether oxygens (including phenoxy) is 1. The van der Waals surface area contributed by atoms with E-state index in [-0.39, 0.29) is 12.6 Å². The van der Waals surface area contributed by atoms with Gasteiger partial charge in [0.2, 0.25) is 0 Å². The van der Waals surface area contributed by atoms with Crippen molar-refractivity contribution in [3.05, 3.63) is 35.5 Å². The van der Waals surface area contributed by atoms with Gasteiger partial charge in [-0.1, -0.05) is 6.07 Å². The van der Waals surface area contributed by atoms with Crippen LogP contribution in [0.4, 0.5) is 0 Å². The second kappa shape index (κ2) is 4.85. The summed E-state index contributed by atoms with van der Waals surface area (Å²) in [4.78, 5) is 19.2. The molecule has 2 aromatic heterocycles. The Morgan fingerprint density at radius 3 is 3.06 bits per heavy atom. The first-order valence-corrected chi connectivity index (χ1v) is 5.63. The lowest BCUT2D eigenvalue weighted by Crippen LogP contribution is -1.98. The normalized spacial score (nSPS) is 10.1. The van der Waals surface area contributed by atoms with Crippen molar-refractivity contribution in [2.24, 2.45) is 0 Å². The Bertz CT molecular complexity index is 482. The van der Waals surface area contributed by atoms with Crippen LogP contribution in [0.3, 0.4) is 0 Å². The van der Waals surface area contributed by atoms with Crippen molar-refractivity contribution in [1.82, 2.24) is 9.97 Å². The number of aromatic nitrogens is 2. The minimum Gasteiger partial charge on any atom is -0.459 e. The summed E-state index contributed by atoms with van der Waals surface area (Å²) in [6.07, 6.45) is 1.72. The molecule has 4 nitrogen and oxygen atoms in total. The molecule has 82 valence electrons. The van der Waals surface area contributed by atoms with E-state index in [9.17, 15) is 4.79 Å². The maximum absolute atomic E-state index is 10.6. The van der Waals surface area contributed by atoms with Gasteiger partial charge >= 0.3 is 5.97 Å². The van der Waals surface area contributed by atoms with Gasteiger partial charge in [-0.2, -0.15) is 0 Å². The number of rotatable bonds is 3. The van der Waals surface area contributed by atoms with Gasteiger partial charge in [0, 0.05) is 18.5 Å². The average Bonchev–Trinajstić information content (AvgIpc) is 2.76. The minimum atomic E-state index is -0.299. The molecular formula is C11H10N2O2S. The maximum Gasteiger partial charge on any atom is 0.303 e. The van der Waals surface area contributed by atoms with E-state index >= 15 is 0 Å². The molecular weight excluding hydrogens is 224 g/mol. The summed E-state index contributed by atoms with van der Waals surface area (Å²) in [5, 5.41) is 2.70. The first-order chi connectivity index (χ1) is 7.75. The molecule has 16 heavy (non-hydrogen) atoms. The molecule has 0 aliphatic rings. The van der Waals surface area contributed by atoms with Gasteiger partial charge in [0.05, 0.1) is 11.4 Å². The van der Waals surface area contributed by atoms with Crippen LogP contribution in [-0.4, -0.2) is 15.9 Å². The summed E-state index contributed by atoms with van der Waals surface area (Å²) >= 11 is 1.49. The number of carbonyl (C=O) groups excluding carboxylic acids is 1. The highest BCUT2D eigenvalue weighted by Gasteiger charge is 2.06. The predicted octanol–water partition coefficient (Wildman–Crippen LogP) is 2.27. The molecule has 0 N–H and O–H groups in total. The van der Waals surface area contributed by atoms with Gasteiger partial charge < -0.3 is 4.74 Å². The van der Waals surface area contributed by atoms with E-state index < -0.39 is 0 Å². The number of esters is 1. The number of thiazole rings is 1. The van der Waals surface area contributed by atoms with E-state index in [0.29, 0.717) is 0 Å². The van der Waals surface area contributed by atoms with Gasteiger partial charge in [-0.3, -0.25) is 9.78 Å². The fraction of sp³-hybridized carbons (Fsp3) is 0.182. The van der Waals surface area contributed by atoms with Crippen LogP contribution in [0.5, 0.6) is 0 Å². The molecule has 0 unspecified atom stereocenters. The topological polar surface area (TPSA) is 52.1 Å². The van der Waals surface area contributed by atoms with Crippen LogP contribution >= 0.6 is 11.3 Å². The van der Waals surface area contributed by atoms with Crippen molar-refractivity contribution in [2.45, 2.75) is 13.5 Å². The third-order valence-electron chi connectivity index (χ3n) is 1.86. The number of pyridine rings is 1. The van der Waals surface area contributed by atoms with Crippen LogP contribution in [0.15, 0.2) is 29.8 Å². The molecule has 0 aliphatic heterocycles. The second-order valence-electron chi connectivity index (χ2n) is 3.14. The molecule has 0 atom stereocenters. The molecule has 5 heteroatoms. The van der Waals surface area contributed by atoms with Crippen LogP contribution in [0.25, 0.3) is 10.7 Å². The molecule has 0 aliphatic carbocycles. The standard InChI is InChI=1S/C11H10N2O2S/c1-8(14)15-6-9-7-16-11(13-9)10-4-2-3-5-12-10/h2-5,7H,6H2,1H3. The minimum absolute atomic E-state index is 0.221. The summed E-state index contributed by atoms with van der Waals surface area (Å²) in [5.74, 6) is -0.299. The lowest BCUT2D eigenvalue weighted by atomic mass is 10.4. The van der Waals surface area contributed by atoms with Crippen molar-refractivity contribution >= 4 is 17.3 Å². The summed E-state index contributed by atoms with van der Waals surface area (Å²) in [6.45, 7) is 1.60. The van der Waals surface area contributed by atoms with Gasteiger partial charge in [-0.15, -0.1) is 11.3 Å². The molecule has 2 rings (SSSR count). The molecule has 0 saturated carbocycles. The summed E-state index contributed by atoms with van der Waals surface area (Å²) in [6, 6.07) is 5.67. The average molecular weight is 234 g/mol. The van der Waals surface area contributed by atoms with Gasteiger partial charge in [0.15, 0.2) is 0 Å². The lowest BCUT2D eigenvalue weighted by Gasteiger charge is -1.96. The number of hydrogen-bond donors (Lipinski definition) is 0. The zero-order chi connectivity index (χ0) is 11.4. The largest absolute Gasteiger partial charge is 0.459 e. The Balaban J connectivity index is 2.11. The molecule has 0 spiro atoms. The Hall–Kier alpha value is -1.75. The fourth-order valence-corrected chi connectivity index (χ4v) is 1.94. The van der Waals surface area contributed by atoms with Crippen molar-refractivity contribution in [3.63, 3.8) is 0 Å². The van der Waals surface area contributed by atoms with E-state index in [2.05, 4.69) is 9.97 Å². The van der Waals surface area contributed by atoms with Gasteiger partial charge in [0.25, 0.3) is 0 Å². The van der Waals surface area contributed by atoms with Crippen molar-refractivity contribution in [1.29, 1.82) is 0 Å². The van der Waals surface area contributed by atoms with Crippen LogP contribution in [0.1, 0.15) is 12.6 Å². The van der Waals surface area contributed by atoms with E-state index in [1.165, 1.54) is 18.3 Å². The van der Waals surface area contributed by atoms with E-state index in [1.54, 1.807) is 6.20 Å². The Morgan fingerprint density at radius 1 is 1.50 bits per heavy atom. The predicted molar refractivity (Wildman–Crippen MR) is 60.8 cm³/mol. The highest BCUT2D eigenvalue weighted by molar-refractivity contribution is 7.13. The lowest BCUT2D eigenvalue weighted by molar-refractivity contribution is -0.142. The molecule has 0 aromatic carbocycles. The number of carbonyl (C=O) groups is 1. The van der Waals surface area contributed by atoms with Crippen molar-refractivity contribution in [2.75, 3.05) is 0 Å². The molecule has 0 radical (unpaired) electrons. The fourth-order valence-electron chi connectivity index (χ4n) is 1.16. The summed E-state index contributed by atoms with van der Waals surface area (Å²) in [5.41, 5.74) is 1.59. The second-order valence-corrected chi connectivity index (χ2v) is 4.00. The van der Waals surface area contributed by atoms with Gasteiger partial charge in [0.1, 0.15) is 11.6 Å². The van der Waals surface area contributed by atoms with Crippen molar-refractivity contribution < 1.29 is 9.53 Å². The number of nitrogens with zero attached hydrogens (tertiary/aromatic N) is 2. The Morgan fingerprint density at radius 2 is 2.38 bits per heavy atom. The van der Waals surface area contributed by atoms with E-state index in [1.807, 2.05) is 23.6 Å². The molecule has 0 fully saturated rings. The van der Waals surface area contributed by atoms with Gasteiger partial charge in [-0.05, 0) is 12.1 Å². The molecule has 0 bridgehead atoms. The van der Waals surface area contributed by atoms with Crippen LogP contribution in [-0.2, 0) is 16.1 Å². The quantitative estimate of drug-likeness (QED) is 0.764. The third-order valence-corrected chi connectivity index (χ3v) is 2.77. The Labute approximate surface area is 96.9 Å². The molecule has 0 amide bonds. The zero-order valence-corrected chi connectivity index (χ0v) is 9.53. The molecule has 2 aromatic rings. The molecule has 2 heterocycles. The first-order valence-electron chi connectivity index (χ1n) is 4.75. The van der Waals surface area contributed by atoms with Gasteiger partial charge in [-0.25, -0.2) is 4.98 Å². The Kier molecular flexibility index (Phi) is 3.26.